The van der Waals surface area contributed by atoms with Crippen LogP contribution in [0.5, 0.6) is 0 Å². The van der Waals surface area contributed by atoms with Gasteiger partial charge in [0.05, 0.1) is 4.90 Å². The summed E-state index contributed by atoms with van der Waals surface area (Å²) in [5.41, 5.74) is 0.945. The Labute approximate surface area is 152 Å². The number of rotatable bonds is 5. The van der Waals surface area contributed by atoms with Gasteiger partial charge in [-0.25, -0.2) is 8.42 Å². The number of nitrogens with one attached hydrogen (secondary N) is 1. The van der Waals surface area contributed by atoms with Gasteiger partial charge in [-0.3, -0.25) is 10.1 Å². The first-order valence-corrected chi connectivity index (χ1v) is 10.5. The molecule has 0 fully saturated rings. The van der Waals surface area contributed by atoms with E-state index in [1.165, 1.54) is 47.4 Å². The number of carbonyl (C=O) groups is 1. The molecule has 0 radical (unpaired) electrons. The first kappa shape index (κ1) is 17.6. The molecule has 0 unspecified atom stereocenters. The Balaban J connectivity index is 1.81. The predicted molar refractivity (Wildman–Crippen MR) is 95.0 cm³/mol. The molecule has 1 N–H and O–H groups in total. The van der Waals surface area contributed by atoms with Crippen molar-refractivity contribution in [1.29, 1.82) is 0 Å². The van der Waals surface area contributed by atoms with E-state index in [2.05, 4.69) is 15.5 Å². The van der Waals surface area contributed by atoms with Crippen molar-refractivity contribution in [2.75, 3.05) is 11.6 Å². The van der Waals surface area contributed by atoms with Gasteiger partial charge in [0.2, 0.25) is 20.1 Å². The van der Waals surface area contributed by atoms with Crippen molar-refractivity contribution >= 4 is 44.0 Å². The molecule has 1 amide bonds. The van der Waals surface area contributed by atoms with Gasteiger partial charge < -0.3 is 4.42 Å². The van der Waals surface area contributed by atoms with Crippen LogP contribution in [0, 0.1) is 6.92 Å². The smallest absolute Gasteiger partial charge is 0.293 e. The van der Waals surface area contributed by atoms with Crippen LogP contribution in [0.25, 0.3) is 0 Å². The minimum Gasteiger partial charge on any atom is -0.439 e. The van der Waals surface area contributed by atoms with E-state index >= 15 is 0 Å². The molecular weight excluding hydrogens is 382 g/mol. The molecule has 0 aliphatic carbocycles. The summed E-state index contributed by atoms with van der Waals surface area (Å²) < 4.78 is 31.0. The van der Waals surface area contributed by atoms with Gasteiger partial charge in [0.15, 0.2) is 10.1 Å². The van der Waals surface area contributed by atoms with Crippen LogP contribution < -0.4 is 5.32 Å². The van der Waals surface area contributed by atoms with Crippen molar-refractivity contribution in [3.8, 4) is 0 Å². The van der Waals surface area contributed by atoms with Crippen LogP contribution >= 0.6 is 23.1 Å². The summed E-state index contributed by atoms with van der Waals surface area (Å²) in [6.45, 7) is 1.86. The molecule has 25 heavy (non-hydrogen) atoms. The standard InChI is InChI=1S/C15H13N3O4S3/c1-9-3-5-10(6-4-9)25(20,21)12-8-7-11(22-12)13(19)16-14-17-18-15(23-2)24-14/h3-8H,1-2H3,(H,16,17,19). The summed E-state index contributed by atoms with van der Waals surface area (Å²) in [4.78, 5) is 12.3. The molecule has 2 heterocycles. The van der Waals surface area contributed by atoms with Crippen LogP contribution in [0.3, 0.4) is 0 Å². The zero-order valence-electron chi connectivity index (χ0n) is 13.2. The molecule has 0 aliphatic rings. The second-order valence-electron chi connectivity index (χ2n) is 4.97. The molecule has 10 heteroatoms. The van der Waals surface area contributed by atoms with E-state index in [-0.39, 0.29) is 15.7 Å². The third-order valence-electron chi connectivity index (χ3n) is 3.20. The van der Waals surface area contributed by atoms with Gasteiger partial charge in [-0.05, 0) is 37.4 Å². The first-order chi connectivity index (χ1) is 11.9. The van der Waals surface area contributed by atoms with Gasteiger partial charge in [0, 0.05) is 0 Å². The topological polar surface area (TPSA) is 102 Å². The summed E-state index contributed by atoms with van der Waals surface area (Å²) in [5, 5.41) is 10.2. The number of aromatic nitrogens is 2. The van der Waals surface area contributed by atoms with E-state index in [9.17, 15) is 13.2 Å². The molecular formula is C15H13N3O4S3. The second kappa shape index (κ2) is 6.98. The highest BCUT2D eigenvalue weighted by atomic mass is 32.2. The van der Waals surface area contributed by atoms with Gasteiger partial charge >= 0.3 is 0 Å². The Kier molecular flexibility index (Phi) is 4.93. The molecule has 2 aromatic heterocycles. The Morgan fingerprint density at radius 2 is 1.88 bits per heavy atom. The Hall–Kier alpha value is -2.17. The summed E-state index contributed by atoms with van der Waals surface area (Å²) >= 11 is 2.62. The number of nitrogens with zero attached hydrogens (tertiary/aromatic N) is 2. The lowest BCUT2D eigenvalue weighted by Crippen LogP contribution is -2.10. The minimum absolute atomic E-state index is 0.105. The summed E-state index contributed by atoms with van der Waals surface area (Å²) in [5.74, 6) is -0.708. The number of hydrogen-bond acceptors (Lipinski definition) is 8. The van der Waals surface area contributed by atoms with Gasteiger partial charge in [-0.1, -0.05) is 40.8 Å². The number of anilines is 1. The zero-order valence-corrected chi connectivity index (χ0v) is 15.7. The normalized spacial score (nSPS) is 11.4. The average molecular weight is 395 g/mol. The van der Waals surface area contributed by atoms with Crippen molar-refractivity contribution in [2.45, 2.75) is 21.3 Å². The SMILES string of the molecule is CSc1nnc(NC(=O)c2ccc(S(=O)(=O)c3ccc(C)cc3)o2)s1. The lowest BCUT2D eigenvalue weighted by Gasteiger charge is -2.02. The fourth-order valence-electron chi connectivity index (χ4n) is 1.92. The van der Waals surface area contributed by atoms with Gasteiger partial charge in [-0.2, -0.15) is 0 Å². The summed E-state index contributed by atoms with van der Waals surface area (Å²) in [6, 6.07) is 8.96. The molecule has 130 valence electrons. The number of amides is 1. The van der Waals surface area contributed by atoms with E-state index in [0.717, 1.165) is 5.56 Å². The number of aryl methyl sites for hydroxylation is 1. The maximum atomic E-state index is 12.5. The fraction of sp³-hybridized carbons (Fsp3) is 0.133. The summed E-state index contributed by atoms with van der Waals surface area (Å²) in [6.07, 6.45) is 1.85. The van der Waals surface area contributed by atoms with Gasteiger partial charge in [-0.15, -0.1) is 10.2 Å². The van der Waals surface area contributed by atoms with Gasteiger partial charge in [0.25, 0.3) is 5.91 Å². The van der Waals surface area contributed by atoms with E-state index in [1.807, 2.05) is 13.2 Å². The molecule has 3 rings (SSSR count). The van der Waals surface area contributed by atoms with Crippen molar-refractivity contribution in [1.82, 2.24) is 10.2 Å². The predicted octanol–water partition coefficient (Wildman–Crippen LogP) is 3.25. The van der Waals surface area contributed by atoms with Crippen molar-refractivity contribution in [3.63, 3.8) is 0 Å². The quantitative estimate of drug-likeness (QED) is 0.522. The Bertz CT molecular complexity index is 1010. The largest absolute Gasteiger partial charge is 0.439 e. The monoisotopic (exact) mass is 395 g/mol. The zero-order chi connectivity index (χ0) is 18.0. The maximum absolute atomic E-state index is 12.5. The first-order valence-electron chi connectivity index (χ1n) is 7.00. The molecule has 3 aromatic rings. The molecule has 1 aromatic carbocycles. The van der Waals surface area contributed by atoms with Crippen LogP contribution in [0.1, 0.15) is 16.1 Å². The lowest BCUT2D eigenvalue weighted by atomic mass is 10.2. The van der Waals surface area contributed by atoms with E-state index < -0.39 is 15.7 Å². The number of furan rings is 1. The van der Waals surface area contributed by atoms with E-state index in [4.69, 9.17) is 4.42 Å². The number of sulfone groups is 1. The van der Waals surface area contributed by atoms with Crippen LogP contribution in [0.15, 0.2) is 55.1 Å². The highest BCUT2D eigenvalue weighted by molar-refractivity contribution is 8.00. The average Bonchev–Trinajstić information content (AvgIpc) is 3.24. The summed E-state index contributed by atoms with van der Waals surface area (Å²) in [7, 11) is -3.82. The molecule has 0 saturated heterocycles. The van der Waals surface area contributed by atoms with Crippen molar-refractivity contribution in [2.24, 2.45) is 0 Å². The lowest BCUT2D eigenvalue weighted by molar-refractivity contribution is 0.0991. The molecule has 0 bridgehead atoms. The molecule has 0 spiro atoms. The Morgan fingerprint density at radius 3 is 2.52 bits per heavy atom. The third kappa shape index (κ3) is 3.75. The highest BCUT2D eigenvalue weighted by Gasteiger charge is 2.24. The van der Waals surface area contributed by atoms with E-state index in [0.29, 0.717) is 9.47 Å². The van der Waals surface area contributed by atoms with Crippen LogP contribution in [-0.2, 0) is 9.84 Å². The van der Waals surface area contributed by atoms with Crippen molar-refractivity contribution in [3.05, 3.63) is 47.7 Å². The van der Waals surface area contributed by atoms with Crippen molar-refractivity contribution < 1.29 is 17.6 Å². The fourth-order valence-corrected chi connectivity index (χ4v) is 4.26. The number of benzene rings is 1. The molecule has 7 nitrogen and oxygen atoms in total. The molecule has 0 saturated carbocycles. The number of carbonyl (C=O) groups excluding carboxylic acids is 1. The Morgan fingerprint density at radius 1 is 1.16 bits per heavy atom. The maximum Gasteiger partial charge on any atom is 0.293 e. The van der Waals surface area contributed by atoms with Crippen LogP contribution in [0.2, 0.25) is 0 Å². The third-order valence-corrected chi connectivity index (χ3v) is 6.66. The molecule has 0 atom stereocenters. The number of hydrogen-bond donors (Lipinski definition) is 1. The van der Waals surface area contributed by atoms with Gasteiger partial charge in [0.1, 0.15) is 0 Å². The number of thioether (sulfide) groups is 1. The van der Waals surface area contributed by atoms with E-state index in [1.54, 1.807) is 12.1 Å². The second-order valence-corrected chi connectivity index (χ2v) is 8.88. The highest BCUT2D eigenvalue weighted by Crippen LogP contribution is 2.25. The minimum atomic E-state index is -3.82. The molecule has 0 aliphatic heterocycles. The van der Waals surface area contributed by atoms with Crippen LogP contribution in [0.4, 0.5) is 5.13 Å². The van der Waals surface area contributed by atoms with Crippen LogP contribution in [-0.4, -0.2) is 30.8 Å².